The van der Waals surface area contributed by atoms with Crippen LogP contribution in [0.4, 0.5) is 5.69 Å². The third-order valence-corrected chi connectivity index (χ3v) is 5.62. The number of carbonyl (C=O) groups excluding carboxylic acids is 1. The number of anilines is 1. The van der Waals surface area contributed by atoms with Gasteiger partial charge < -0.3 is 10.1 Å². The molecule has 0 spiro atoms. The van der Waals surface area contributed by atoms with E-state index < -0.39 is 0 Å². The van der Waals surface area contributed by atoms with Crippen molar-refractivity contribution in [1.29, 1.82) is 0 Å². The number of allylic oxidation sites excluding steroid dienone is 3. The third kappa shape index (κ3) is 8.39. The molecule has 1 heterocycles. The lowest BCUT2D eigenvalue weighted by Gasteiger charge is -2.08. The van der Waals surface area contributed by atoms with Crippen LogP contribution in [-0.2, 0) is 4.79 Å². The minimum Gasteiger partial charge on any atom is -0.478 e. The Morgan fingerprint density at radius 2 is 1.76 bits per heavy atom. The first kappa shape index (κ1) is 24.5. The number of carbonyl (C=O) groups is 1. The molecule has 4 nitrogen and oxygen atoms in total. The Hall–Kier alpha value is -3.11. The number of amides is 1. The van der Waals surface area contributed by atoms with Gasteiger partial charge in [0.1, 0.15) is 0 Å². The molecule has 3 rings (SSSR count). The number of aryl methyl sites for hydroxylation is 1. The molecule has 33 heavy (non-hydrogen) atoms. The summed E-state index contributed by atoms with van der Waals surface area (Å²) in [5.41, 5.74) is 2.79. The second-order valence-corrected chi connectivity index (χ2v) is 8.36. The van der Waals surface area contributed by atoms with Crippen LogP contribution in [0.25, 0.3) is 10.9 Å². The normalized spacial score (nSPS) is 11.5. The number of pyridine rings is 1. The first-order valence-electron chi connectivity index (χ1n) is 11.5. The Bertz CT molecular complexity index is 1110. The first-order chi connectivity index (χ1) is 16.1. The van der Waals surface area contributed by atoms with E-state index in [1.807, 2.05) is 42.5 Å². The average Bonchev–Trinajstić information content (AvgIpc) is 2.81. The van der Waals surface area contributed by atoms with E-state index in [0.29, 0.717) is 23.2 Å². The standard InChI is InChI=1S/C28H31ClN2O2/c1-22-21-28(31-25-17-12-10-15-23(22)25)33-20-14-8-6-4-2-3-5-7-9-19-27(32)30-26-18-13-11-16-24(26)29/h5,7,9-13,15-19,21H,2-4,6,8,14,20H2,1H3,(H,30,32). The van der Waals surface area contributed by atoms with Gasteiger partial charge in [0.2, 0.25) is 11.8 Å². The Kier molecular flexibility index (Phi) is 9.99. The minimum absolute atomic E-state index is 0.191. The maximum absolute atomic E-state index is 11.9. The summed E-state index contributed by atoms with van der Waals surface area (Å²) in [6.07, 6.45) is 14.0. The molecular weight excluding hydrogens is 432 g/mol. The van der Waals surface area contributed by atoms with Crippen LogP contribution >= 0.6 is 11.6 Å². The monoisotopic (exact) mass is 462 g/mol. The summed E-state index contributed by atoms with van der Waals surface area (Å²) in [5, 5.41) is 4.47. The van der Waals surface area contributed by atoms with Crippen molar-refractivity contribution in [3.63, 3.8) is 0 Å². The van der Waals surface area contributed by atoms with E-state index in [2.05, 4.69) is 29.4 Å². The van der Waals surface area contributed by atoms with Crippen LogP contribution < -0.4 is 10.1 Å². The Labute approximate surface area is 201 Å². The van der Waals surface area contributed by atoms with Gasteiger partial charge in [-0.15, -0.1) is 0 Å². The van der Waals surface area contributed by atoms with Crippen LogP contribution in [0.1, 0.15) is 44.1 Å². The fourth-order valence-corrected chi connectivity index (χ4v) is 3.70. The van der Waals surface area contributed by atoms with Crippen LogP contribution in [0, 0.1) is 6.92 Å². The largest absolute Gasteiger partial charge is 0.478 e. The van der Waals surface area contributed by atoms with Gasteiger partial charge in [-0.25, -0.2) is 4.98 Å². The van der Waals surface area contributed by atoms with Crippen LogP contribution in [0.2, 0.25) is 5.02 Å². The number of fused-ring (bicyclic) bond motifs is 1. The number of nitrogens with zero attached hydrogens (tertiary/aromatic N) is 1. The number of para-hydroxylation sites is 2. The maximum Gasteiger partial charge on any atom is 0.248 e. The summed E-state index contributed by atoms with van der Waals surface area (Å²) in [6, 6.07) is 17.4. The van der Waals surface area contributed by atoms with Crippen molar-refractivity contribution in [3.05, 3.63) is 89.5 Å². The van der Waals surface area contributed by atoms with Gasteiger partial charge in [0.05, 0.1) is 22.8 Å². The predicted octanol–water partition coefficient (Wildman–Crippen LogP) is 7.67. The van der Waals surface area contributed by atoms with Crippen LogP contribution in [-0.4, -0.2) is 17.5 Å². The molecule has 0 aliphatic rings. The summed E-state index contributed by atoms with van der Waals surface area (Å²) < 4.78 is 5.86. The summed E-state index contributed by atoms with van der Waals surface area (Å²) in [5.74, 6) is 0.522. The highest BCUT2D eigenvalue weighted by atomic mass is 35.5. The second kappa shape index (κ2) is 13.4. The molecule has 0 aliphatic carbocycles. The number of nitrogens with one attached hydrogen (secondary N) is 1. The molecule has 0 saturated heterocycles. The topological polar surface area (TPSA) is 51.2 Å². The average molecular weight is 463 g/mol. The summed E-state index contributed by atoms with van der Waals surface area (Å²) in [7, 11) is 0. The summed E-state index contributed by atoms with van der Waals surface area (Å²) in [4.78, 5) is 16.5. The molecule has 1 aromatic heterocycles. The van der Waals surface area contributed by atoms with Gasteiger partial charge in [-0.2, -0.15) is 0 Å². The van der Waals surface area contributed by atoms with E-state index in [1.165, 1.54) is 29.9 Å². The zero-order valence-electron chi connectivity index (χ0n) is 19.1. The predicted molar refractivity (Wildman–Crippen MR) is 138 cm³/mol. The Morgan fingerprint density at radius 1 is 1.00 bits per heavy atom. The molecule has 5 heteroatoms. The van der Waals surface area contributed by atoms with Gasteiger partial charge in [-0.1, -0.05) is 79.4 Å². The summed E-state index contributed by atoms with van der Waals surface area (Å²) >= 11 is 6.03. The smallest absolute Gasteiger partial charge is 0.248 e. The van der Waals surface area contributed by atoms with Gasteiger partial charge in [0.25, 0.3) is 0 Å². The van der Waals surface area contributed by atoms with Crippen molar-refractivity contribution in [2.45, 2.75) is 45.4 Å². The molecule has 0 fully saturated rings. The van der Waals surface area contributed by atoms with Crippen molar-refractivity contribution in [1.82, 2.24) is 4.98 Å². The van der Waals surface area contributed by atoms with Gasteiger partial charge in [0, 0.05) is 17.5 Å². The number of unbranched alkanes of at least 4 members (excludes halogenated alkanes) is 5. The number of aromatic nitrogens is 1. The van der Waals surface area contributed by atoms with E-state index in [9.17, 15) is 4.79 Å². The molecule has 0 bridgehead atoms. The zero-order valence-corrected chi connectivity index (χ0v) is 19.9. The van der Waals surface area contributed by atoms with Gasteiger partial charge in [-0.05, 0) is 49.9 Å². The lowest BCUT2D eigenvalue weighted by atomic mass is 10.1. The molecule has 2 aromatic carbocycles. The van der Waals surface area contributed by atoms with Crippen molar-refractivity contribution in [2.75, 3.05) is 11.9 Å². The number of benzene rings is 2. The van der Waals surface area contributed by atoms with E-state index in [4.69, 9.17) is 16.3 Å². The minimum atomic E-state index is -0.191. The lowest BCUT2D eigenvalue weighted by Crippen LogP contribution is -2.07. The lowest BCUT2D eigenvalue weighted by molar-refractivity contribution is -0.111. The van der Waals surface area contributed by atoms with Crippen molar-refractivity contribution in [3.8, 4) is 5.88 Å². The number of halogens is 1. The molecule has 0 unspecified atom stereocenters. The Balaban J connectivity index is 1.22. The van der Waals surface area contributed by atoms with Crippen molar-refractivity contribution in [2.24, 2.45) is 0 Å². The third-order valence-electron chi connectivity index (χ3n) is 5.29. The van der Waals surface area contributed by atoms with E-state index in [-0.39, 0.29) is 5.91 Å². The van der Waals surface area contributed by atoms with E-state index in [1.54, 1.807) is 18.2 Å². The number of hydrogen-bond acceptors (Lipinski definition) is 3. The van der Waals surface area contributed by atoms with Crippen LogP contribution in [0.3, 0.4) is 0 Å². The molecule has 0 saturated carbocycles. The Morgan fingerprint density at radius 3 is 2.64 bits per heavy atom. The SMILES string of the molecule is Cc1cc(OCCCCCCCC=CC=CC(=O)Nc2ccccc2Cl)nc2ccccc12. The first-order valence-corrected chi connectivity index (χ1v) is 11.9. The number of ether oxygens (including phenoxy) is 1. The molecule has 1 amide bonds. The van der Waals surface area contributed by atoms with Crippen molar-refractivity contribution < 1.29 is 9.53 Å². The van der Waals surface area contributed by atoms with Gasteiger partial charge in [-0.3, -0.25) is 4.79 Å². The highest BCUT2D eigenvalue weighted by molar-refractivity contribution is 6.33. The quantitative estimate of drug-likeness (QED) is 0.171. The fraction of sp³-hybridized carbons (Fsp3) is 0.286. The number of rotatable bonds is 12. The molecule has 1 N–H and O–H groups in total. The van der Waals surface area contributed by atoms with Crippen molar-refractivity contribution >= 4 is 34.1 Å². The maximum atomic E-state index is 11.9. The van der Waals surface area contributed by atoms with E-state index >= 15 is 0 Å². The molecular formula is C28H31ClN2O2. The highest BCUT2D eigenvalue weighted by Gasteiger charge is 2.03. The highest BCUT2D eigenvalue weighted by Crippen LogP contribution is 2.22. The molecule has 172 valence electrons. The fourth-order valence-electron chi connectivity index (χ4n) is 3.52. The van der Waals surface area contributed by atoms with E-state index in [0.717, 1.165) is 31.2 Å². The van der Waals surface area contributed by atoms with Crippen LogP contribution in [0.15, 0.2) is 78.9 Å². The number of hydrogen-bond donors (Lipinski definition) is 1. The second-order valence-electron chi connectivity index (χ2n) is 7.96. The van der Waals surface area contributed by atoms with Crippen LogP contribution in [0.5, 0.6) is 5.88 Å². The summed E-state index contributed by atoms with van der Waals surface area (Å²) in [6.45, 7) is 2.79. The molecule has 3 aromatic rings. The van der Waals surface area contributed by atoms with Gasteiger partial charge in [0.15, 0.2) is 0 Å². The zero-order chi connectivity index (χ0) is 23.3. The molecule has 0 radical (unpaired) electrons. The molecule has 0 atom stereocenters. The molecule has 0 aliphatic heterocycles. The van der Waals surface area contributed by atoms with Gasteiger partial charge >= 0.3 is 0 Å².